The molecule has 3 nitrogen and oxygen atoms in total. The lowest BCUT2D eigenvalue weighted by Crippen LogP contribution is -2.41. The lowest BCUT2D eigenvalue weighted by atomic mass is 9.79. The van der Waals surface area contributed by atoms with E-state index in [0.717, 1.165) is 23.2 Å². The molecule has 108 valence electrons. The summed E-state index contributed by atoms with van der Waals surface area (Å²) in [5.41, 5.74) is 0.266. The molecule has 1 heterocycles. The van der Waals surface area contributed by atoms with Crippen LogP contribution in [0.3, 0.4) is 0 Å². The van der Waals surface area contributed by atoms with Crippen molar-refractivity contribution in [1.29, 1.82) is 0 Å². The van der Waals surface area contributed by atoms with Gasteiger partial charge in [0.1, 0.15) is 5.25 Å². The zero-order valence-corrected chi connectivity index (χ0v) is 13.3. The van der Waals surface area contributed by atoms with Crippen molar-refractivity contribution < 1.29 is 13.9 Å². The van der Waals surface area contributed by atoms with Gasteiger partial charge < -0.3 is 13.9 Å². The number of hydrogen-bond donors (Lipinski definition) is 0. The molecule has 0 bridgehead atoms. The van der Waals surface area contributed by atoms with Gasteiger partial charge in [-0.1, -0.05) is 12.1 Å². The van der Waals surface area contributed by atoms with Crippen molar-refractivity contribution in [2.24, 2.45) is 0 Å². The summed E-state index contributed by atoms with van der Waals surface area (Å²) in [6, 6.07) is 7.82. The molecule has 0 spiro atoms. The second kappa shape index (κ2) is 4.77. The van der Waals surface area contributed by atoms with E-state index in [-0.39, 0.29) is 18.3 Å². The van der Waals surface area contributed by atoms with Gasteiger partial charge in [-0.2, -0.15) is 0 Å². The minimum Gasteiger partial charge on any atom is -0.611 e. The van der Waals surface area contributed by atoms with Crippen molar-refractivity contribution in [3.63, 3.8) is 0 Å². The van der Waals surface area contributed by atoms with Crippen molar-refractivity contribution in [2.75, 3.05) is 0 Å². The fraction of sp³-hybridized carbons (Fsp3) is 0.600. The molecular weight excluding hydrogens is 271 g/mol. The maximum absolute atomic E-state index is 12.3. The quantitative estimate of drug-likeness (QED) is 0.634. The maximum Gasteiger partial charge on any atom is 0.495 e. The van der Waals surface area contributed by atoms with Gasteiger partial charge in [0.2, 0.25) is 0 Å². The molecule has 1 saturated heterocycles. The normalized spacial score (nSPS) is 25.8. The smallest absolute Gasteiger partial charge is 0.495 e. The first-order valence-corrected chi connectivity index (χ1v) is 8.38. The Morgan fingerprint density at radius 1 is 1.15 bits per heavy atom. The van der Waals surface area contributed by atoms with Gasteiger partial charge >= 0.3 is 7.12 Å². The van der Waals surface area contributed by atoms with E-state index in [1.165, 1.54) is 0 Å². The highest BCUT2D eigenvalue weighted by Crippen LogP contribution is 2.37. The molecule has 20 heavy (non-hydrogen) atoms. The van der Waals surface area contributed by atoms with Crippen molar-refractivity contribution in [3.8, 4) is 0 Å². The van der Waals surface area contributed by atoms with Crippen molar-refractivity contribution in [1.82, 2.24) is 0 Å². The molecule has 1 aliphatic heterocycles. The van der Waals surface area contributed by atoms with E-state index < -0.39 is 11.2 Å². The van der Waals surface area contributed by atoms with Crippen LogP contribution >= 0.6 is 0 Å². The second-order valence-corrected chi connectivity index (χ2v) is 8.39. The maximum atomic E-state index is 12.3. The summed E-state index contributed by atoms with van der Waals surface area (Å²) in [5, 5.41) is 0.351. The van der Waals surface area contributed by atoms with Gasteiger partial charge in [0, 0.05) is 12.8 Å². The third kappa shape index (κ3) is 2.52. The molecule has 1 saturated carbocycles. The first-order valence-electron chi connectivity index (χ1n) is 7.16. The monoisotopic (exact) mass is 292 g/mol. The highest BCUT2D eigenvalue weighted by Gasteiger charge is 2.51. The molecule has 1 unspecified atom stereocenters. The minimum absolute atomic E-state index is 0.344. The van der Waals surface area contributed by atoms with Crippen LogP contribution in [-0.4, -0.2) is 28.1 Å². The number of benzene rings is 1. The van der Waals surface area contributed by atoms with E-state index in [1.54, 1.807) is 0 Å². The fourth-order valence-corrected chi connectivity index (χ4v) is 3.65. The Morgan fingerprint density at radius 3 is 2.30 bits per heavy atom. The molecule has 0 amide bonds. The van der Waals surface area contributed by atoms with E-state index in [0.29, 0.717) is 5.25 Å². The van der Waals surface area contributed by atoms with Crippen LogP contribution in [0.4, 0.5) is 0 Å². The third-order valence-electron chi connectivity index (χ3n) is 4.44. The largest absolute Gasteiger partial charge is 0.611 e. The molecule has 2 aliphatic rings. The fourth-order valence-electron chi connectivity index (χ4n) is 2.24. The zero-order valence-electron chi connectivity index (χ0n) is 12.5. The van der Waals surface area contributed by atoms with Crippen LogP contribution in [0.2, 0.25) is 0 Å². The minimum atomic E-state index is -0.884. The van der Waals surface area contributed by atoms with E-state index in [9.17, 15) is 4.55 Å². The van der Waals surface area contributed by atoms with Gasteiger partial charge in [-0.25, -0.2) is 0 Å². The zero-order chi connectivity index (χ0) is 14.5. The Labute approximate surface area is 124 Å². The molecule has 1 aromatic carbocycles. The first-order chi connectivity index (χ1) is 9.30. The Kier molecular flexibility index (Phi) is 3.45. The molecule has 0 radical (unpaired) electrons. The standard InChI is InChI=1S/C15H21BO3S/c1-14(2)15(3,4)19-16(18-14)11-6-5-7-13(10-11)20(17)12-8-9-12/h5-7,10,12H,8-9H2,1-4H3. The van der Waals surface area contributed by atoms with Crippen LogP contribution in [0.25, 0.3) is 0 Å². The van der Waals surface area contributed by atoms with Gasteiger partial charge in [-0.05, 0) is 56.5 Å². The molecule has 2 fully saturated rings. The summed E-state index contributed by atoms with van der Waals surface area (Å²) >= 11 is -0.884. The Hall–Kier alpha value is -0.485. The summed E-state index contributed by atoms with van der Waals surface area (Å²) in [4.78, 5) is 0.889. The lowest BCUT2D eigenvalue weighted by molar-refractivity contribution is 0.00578. The highest BCUT2D eigenvalue weighted by atomic mass is 32.2. The van der Waals surface area contributed by atoms with Crippen molar-refractivity contribution >= 4 is 23.8 Å². The lowest BCUT2D eigenvalue weighted by Gasteiger charge is -2.32. The van der Waals surface area contributed by atoms with Crippen LogP contribution in [0.5, 0.6) is 0 Å². The van der Waals surface area contributed by atoms with Crippen molar-refractivity contribution in [3.05, 3.63) is 24.3 Å². The molecule has 1 aliphatic carbocycles. The molecule has 0 N–H and O–H groups in total. The molecule has 1 aromatic rings. The van der Waals surface area contributed by atoms with Crippen LogP contribution in [0, 0.1) is 0 Å². The van der Waals surface area contributed by atoms with Crippen LogP contribution in [-0.2, 0) is 20.5 Å². The summed E-state index contributed by atoms with van der Waals surface area (Å²) in [5.74, 6) is 0. The topological polar surface area (TPSA) is 41.5 Å². The Balaban J connectivity index is 1.83. The first kappa shape index (κ1) is 14.5. The van der Waals surface area contributed by atoms with Gasteiger partial charge in [0.05, 0.1) is 11.2 Å². The predicted octanol–water partition coefficient (Wildman–Crippen LogP) is 2.26. The Bertz CT molecular complexity index is 498. The third-order valence-corrected chi connectivity index (χ3v) is 6.24. The van der Waals surface area contributed by atoms with Crippen LogP contribution in [0.15, 0.2) is 29.2 Å². The van der Waals surface area contributed by atoms with Gasteiger partial charge in [0.15, 0.2) is 4.90 Å². The summed E-state index contributed by atoms with van der Waals surface area (Å²) < 4.78 is 24.3. The molecule has 3 rings (SSSR count). The number of rotatable bonds is 3. The van der Waals surface area contributed by atoms with Gasteiger partial charge in [-0.15, -0.1) is 0 Å². The number of hydrogen-bond acceptors (Lipinski definition) is 3. The van der Waals surface area contributed by atoms with Gasteiger partial charge in [-0.3, -0.25) is 0 Å². The Morgan fingerprint density at radius 2 is 1.75 bits per heavy atom. The van der Waals surface area contributed by atoms with E-state index in [2.05, 4.69) is 0 Å². The summed E-state index contributed by atoms with van der Waals surface area (Å²) in [6.07, 6.45) is 2.15. The predicted molar refractivity (Wildman–Crippen MR) is 81.6 cm³/mol. The average Bonchev–Trinajstić information content (AvgIpc) is 3.17. The van der Waals surface area contributed by atoms with Crippen LogP contribution in [0.1, 0.15) is 40.5 Å². The molecule has 1 atom stereocenters. The van der Waals surface area contributed by atoms with Crippen molar-refractivity contribution in [2.45, 2.75) is 61.9 Å². The van der Waals surface area contributed by atoms with E-state index >= 15 is 0 Å². The molecule has 0 aromatic heterocycles. The van der Waals surface area contributed by atoms with Crippen LogP contribution < -0.4 is 5.46 Å². The summed E-state index contributed by atoms with van der Waals surface area (Å²) in [6.45, 7) is 8.16. The average molecular weight is 292 g/mol. The van der Waals surface area contributed by atoms with E-state index in [1.807, 2.05) is 52.0 Å². The molecule has 5 heteroatoms. The van der Waals surface area contributed by atoms with Gasteiger partial charge in [0.25, 0.3) is 0 Å². The van der Waals surface area contributed by atoms with E-state index in [4.69, 9.17) is 9.31 Å². The highest BCUT2D eigenvalue weighted by molar-refractivity contribution is 7.92. The second-order valence-electron chi connectivity index (χ2n) is 6.66. The molecular formula is C15H21BO3S. The summed E-state index contributed by atoms with van der Waals surface area (Å²) in [7, 11) is -0.379. The SMILES string of the molecule is CC1(C)OB(c2cccc([S+]([O-])C3CC3)c2)OC1(C)C.